The van der Waals surface area contributed by atoms with Gasteiger partial charge < -0.3 is 0 Å². The molecule has 1 fully saturated rings. The van der Waals surface area contributed by atoms with Crippen LogP contribution in [0.25, 0.3) is 0 Å². The zero-order valence-corrected chi connectivity index (χ0v) is 17.3. The van der Waals surface area contributed by atoms with Gasteiger partial charge in [-0.2, -0.15) is 13.2 Å². The highest BCUT2D eigenvalue weighted by atomic mass is 32.2. The number of para-hydroxylation sites is 1. The van der Waals surface area contributed by atoms with Gasteiger partial charge in [-0.15, -0.1) is 11.8 Å². The molecule has 0 amide bonds. The SMILES string of the molecule is O=S(=O)(Nc1ccccc1SCC(F)(F)F)c1ccc(S(=O)(=O)NC2CC2)cc1. The number of rotatable bonds is 8. The average Bonchev–Trinajstić information content (AvgIpc) is 3.43. The largest absolute Gasteiger partial charge is 0.398 e. The van der Waals surface area contributed by atoms with Crippen molar-refractivity contribution in [1.82, 2.24) is 4.72 Å². The summed E-state index contributed by atoms with van der Waals surface area (Å²) in [5.74, 6) is -1.16. The number of sulfonamides is 2. The van der Waals surface area contributed by atoms with Gasteiger partial charge in [-0.25, -0.2) is 21.6 Å². The van der Waals surface area contributed by atoms with Gasteiger partial charge in [0.2, 0.25) is 10.0 Å². The molecule has 158 valence electrons. The van der Waals surface area contributed by atoms with Gasteiger partial charge in [0.25, 0.3) is 10.0 Å². The minimum atomic E-state index is -4.40. The van der Waals surface area contributed by atoms with Crippen LogP contribution in [-0.2, 0) is 20.0 Å². The molecule has 0 saturated heterocycles. The zero-order valence-electron chi connectivity index (χ0n) is 14.8. The fourth-order valence-corrected chi connectivity index (χ4v) is 5.54. The molecule has 1 saturated carbocycles. The lowest BCUT2D eigenvalue weighted by Gasteiger charge is -2.13. The van der Waals surface area contributed by atoms with Gasteiger partial charge in [-0.3, -0.25) is 4.72 Å². The molecule has 2 aromatic rings. The van der Waals surface area contributed by atoms with Gasteiger partial charge in [-0.05, 0) is 49.2 Å². The Morgan fingerprint density at radius 3 is 2.00 bits per heavy atom. The molecule has 29 heavy (non-hydrogen) atoms. The zero-order chi connectivity index (χ0) is 21.3. The van der Waals surface area contributed by atoms with Crippen molar-refractivity contribution < 1.29 is 30.0 Å². The number of halogens is 3. The Hall–Kier alpha value is -1.76. The standard InChI is InChI=1S/C17H17F3N2O4S3/c18-17(19,20)11-27-16-4-2-1-3-15(16)22-29(25,26)14-9-7-13(8-10-14)28(23,24)21-12-5-6-12/h1-4,7-10,12,21-22H,5-6,11H2. The molecular formula is C17H17F3N2O4S3. The maximum Gasteiger partial charge on any atom is 0.398 e. The maximum atomic E-state index is 12.6. The second-order valence-corrected chi connectivity index (χ2v) is 10.8. The number of nitrogens with one attached hydrogen (secondary N) is 2. The van der Waals surface area contributed by atoms with Crippen molar-refractivity contribution in [3.8, 4) is 0 Å². The predicted molar refractivity (Wildman–Crippen MR) is 104 cm³/mol. The summed E-state index contributed by atoms with van der Waals surface area (Å²) in [5, 5.41) is 0. The number of hydrogen-bond donors (Lipinski definition) is 2. The van der Waals surface area contributed by atoms with E-state index in [4.69, 9.17) is 0 Å². The quantitative estimate of drug-likeness (QED) is 0.580. The van der Waals surface area contributed by atoms with E-state index in [0.29, 0.717) is 11.8 Å². The Morgan fingerprint density at radius 1 is 0.897 bits per heavy atom. The Labute approximate surface area is 171 Å². The number of alkyl halides is 3. The monoisotopic (exact) mass is 466 g/mol. The molecule has 0 atom stereocenters. The normalized spacial score (nSPS) is 15.3. The summed E-state index contributed by atoms with van der Waals surface area (Å²) in [4.78, 5) is -0.149. The highest BCUT2D eigenvalue weighted by Gasteiger charge is 2.29. The van der Waals surface area contributed by atoms with Crippen LogP contribution in [0.15, 0.2) is 63.2 Å². The van der Waals surface area contributed by atoms with E-state index in [0.717, 1.165) is 25.0 Å². The molecule has 6 nitrogen and oxygen atoms in total. The summed E-state index contributed by atoms with van der Waals surface area (Å²) < 4.78 is 91.7. The van der Waals surface area contributed by atoms with Crippen LogP contribution in [0, 0.1) is 0 Å². The lowest BCUT2D eigenvalue weighted by Crippen LogP contribution is -2.25. The van der Waals surface area contributed by atoms with Gasteiger partial charge in [0.15, 0.2) is 0 Å². The van der Waals surface area contributed by atoms with Crippen LogP contribution in [0.3, 0.4) is 0 Å². The first-order chi connectivity index (χ1) is 13.5. The van der Waals surface area contributed by atoms with Crippen LogP contribution in [0.2, 0.25) is 0 Å². The van der Waals surface area contributed by atoms with Crippen molar-refractivity contribution in [3.63, 3.8) is 0 Å². The minimum Gasteiger partial charge on any atom is -0.278 e. The van der Waals surface area contributed by atoms with Gasteiger partial charge in [0.1, 0.15) is 0 Å². The molecule has 0 aliphatic heterocycles. The van der Waals surface area contributed by atoms with Crippen molar-refractivity contribution in [3.05, 3.63) is 48.5 Å². The molecule has 12 heteroatoms. The van der Waals surface area contributed by atoms with E-state index in [2.05, 4.69) is 9.44 Å². The number of thioether (sulfide) groups is 1. The van der Waals surface area contributed by atoms with E-state index in [1.165, 1.54) is 36.4 Å². The highest BCUT2D eigenvalue weighted by Crippen LogP contribution is 2.33. The van der Waals surface area contributed by atoms with Gasteiger partial charge in [-0.1, -0.05) is 12.1 Å². The van der Waals surface area contributed by atoms with Crippen molar-refractivity contribution in [2.75, 3.05) is 10.5 Å². The summed E-state index contributed by atoms with van der Waals surface area (Å²) >= 11 is 0.468. The summed E-state index contributed by atoms with van der Waals surface area (Å²) in [7, 11) is -7.84. The number of anilines is 1. The highest BCUT2D eigenvalue weighted by molar-refractivity contribution is 7.99. The van der Waals surface area contributed by atoms with E-state index in [1.54, 1.807) is 0 Å². The van der Waals surface area contributed by atoms with Gasteiger partial charge in [0, 0.05) is 10.9 Å². The second kappa shape index (κ2) is 8.17. The first kappa shape index (κ1) is 21.9. The van der Waals surface area contributed by atoms with E-state index >= 15 is 0 Å². The molecule has 3 rings (SSSR count). The first-order valence-electron chi connectivity index (χ1n) is 8.40. The summed E-state index contributed by atoms with van der Waals surface area (Å²) in [6.45, 7) is 0. The number of benzene rings is 2. The van der Waals surface area contributed by atoms with Crippen molar-refractivity contribution in [2.24, 2.45) is 0 Å². The Balaban J connectivity index is 1.78. The molecule has 0 heterocycles. The van der Waals surface area contributed by atoms with Crippen LogP contribution in [0.5, 0.6) is 0 Å². The third-order valence-electron chi connectivity index (χ3n) is 3.87. The Morgan fingerprint density at radius 2 is 1.45 bits per heavy atom. The molecular weight excluding hydrogens is 449 g/mol. The van der Waals surface area contributed by atoms with Gasteiger partial charge in [0.05, 0.1) is 21.2 Å². The van der Waals surface area contributed by atoms with E-state index in [9.17, 15) is 30.0 Å². The van der Waals surface area contributed by atoms with Gasteiger partial charge >= 0.3 is 6.18 Å². The summed E-state index contributed by atoms with van der Waals surface area (Å²) in [6.07, 6.45) is -2.87. The predicted octanol–water partition coefficient (Wildman–Crippen LogP) is 3.58. The lowest BCUT2D eigenvalue weighted by molar-refractivity contribution is -0.105. The Bertz CT molecular complexity index is 1080. The third kappa shape index (κ3) is 6.11. The van der Waals surface area contributed by atoms with Crippen LogP contribution in [0.1, 0.15) is 12.8 Å². The van der Waals surface area contributed by atoms with Crippen molar-refractivity contribution in [2.45, 2.75) is 39.7 Å². The maximum absolute atomic E-state index is 12.6. The van der Waals surface area contributed by atoms with Crippen LogP contribution in [-0.4, -0.2) is 34.8 Å². The molecule has 2 aromatic carbocycles. The molecule has 1 aliphatic carbocycles. The van der Waals surface area contributed by atoms with Crippen LogP contribution in [0.4, 0.5) is 18.9 Å². The second-order valence-electron chi connectivity index (χ2n) is 6.37. The average molecular weight is 467 g/mol. The Kier molecular flexibility index (Phi) is 6.18. The third-order valence-corrected chi connectivity index (χ3v) is 7.92. The minimum absolute atomic E-state index is 0.00819. The van der Waals surface area contributed by atoms with E-state index in [-0.39, 0.29) is 26.4 Å². The topological polar surface area (TPSA) is 92.3 Å². The lowest BCUT2D eigenvalue weighted by atomic mass is 10.3. The fourth-order valence-electron chi connectivity index (χ4n) is 2.33. The van der Waals surface area contributed by atoms with Crippen molar-refractivity contribution >= 4 is 37.5 Å². The van der Waals surface area contributed by atoms with E-state index < -0.39 is 32.0 Å². The van der Waals surface area contributed by atoms with Crippen molar-refractivity contribution in [1.29, 1.82) is 0 Å². The van der Waals surface area contributed by atoms with Crippen LogP contribution < -0.4 is 9.44 Å². The van der Waals surface area contributed by atoms with E-state index in [1.807, 2.05) is 0 Å². The first-order valence-corrected chi connectivity index (χ1v) is 12.4. The fraction of sp³-hybridized carbons (Fsp3) is 0.294. The van der Waals surface area contributed by atoms with Crippen LogP contribution >= 0.6 is 11.8 Å². The molecule has 2 N–H and O–H groups in total. The molecule has 0 aromatic heterocycles. The molecule has 0 bridgehead atoms. The molecule has 0 spiro atoms. The summed E-state index contributed by atoms with van der Waals surface area (Å²) in [6, 6.07) is 10.3. The molecule has 1 aliphatic rings. The number of hydrogen-bond acceptors (Lipinski definition) is 5. The summed E-state index contributed by atoms with van der Waals surface area (Å²) in [5.41, 5.74) is 0.00819. The molecule has 0 radical (unpaired) electrons. The smallest absolute Gasteiger partial charge is 0.278 e. The molecule has 0 unspecified atom stereocenters.